The summed E-state index contributed by atoms with van der Waals surface area (Å²) in [5.41, 5.74) is 6.98. The van der Waals surface area contributed by atoms with Gasteiger partial charge in [0, 0.05) is 11.9 Å². The Bertz CT molecular complexity index is 493. The number of carbonyl (C=O) groups excluding carboxylic acids is 1. The van der Waals surface area contributed by atoms with Crippen molar-refractivity contribution in [3.63, 3.8) is 0 Å². The van der Waals surface area contributed by atoms with Gasteiger partial charge in [-0.3, -0.25) is 4.79 Å². The lowest BCUT2D eigenvalue weighted by molar-refractivity contribution is -0.142. The second-order valence-corrected chi connectivity index (χ2v) is 6.38. The van der Waals surface area contributed by atoms with Gasteiger partial charge >= 0.3 is 5.97 Å². The smallest absolute Gasteiger partial charge is 0.310 e. The fourth-order valence-corrected chi connectivity index (χ4v) is 2.00. The average molecular weight is 271 g/mol. The van der Waals surface area contributed by atoms with Crippen molar-refractivity contribution in [3.8, 4) is 0 Å². The van der Waals surface area contributed by atoms with E-state index in [1.54, 1.807) is 24.3 Å². The van der Waals surface area contributed by atoms with Gasteiger partial charge in [-0.15, -0.1) is 0 Å². The average Bonchev–Trinajstić information content (AvgIpc) is 2.26. The zero-order valence-electron chi connectivity index (χ0n) is 10.3. The summed E-state index contributed by atoms with van der Waals surface area (Å²) in [6.07, 6.45) is 1.65. The predicted molar refractivity (Wildman–Crippen MR) is 69.8 cm³/mol. The monoisotopic (exact) mass is 271 g/mol. The summed E-state index contributed by atoms with van der Waals surface area (Å²) in [5, 5.41) is 0. The van der Waals surface area contributed by atoms with Gasteiger partial charge in [0.2, 0.25) is 0 Å². The number of benzene rings is 1. The van der Waals surface area contributed by atoms with Crippen molar-refractivity contribution >= 4 is 21.5 Å². The van der Waals surface area contributed by atoms with Crippen molar-refractivity contribution in [1.29, 1.82) is 0 Å². The minimum absolute atomic E-state index is 0.0299. The molecule has 5 nitrogen and oxygen atoms in total. The summed E-state index contributed by atoms with van der Waals surface area (Å²) in [6.45, 7) is 0.126. The molecule has 0 heterocycles. The molecule has 0 aliphatic heterocycles. The zero-order chi connectivity index (χ0) is 13.6. The van der Waals surface area contributed by atoms with Crippen LogP contribution < -0.4 is 5.73 Å². The van der Waals surface area contributed by atoms with Crippen molar-refractivity contribution in [2.75, 3.05) is 24.3 Å². The van der Waals surface area contributed by atoms with E-state index in [9.17, 15) is 13.2 Å². The minimum Gasteiger partial charge on any atom is -0.465 e. The quantitative estimate of drug-likeness (QED) is 0.469. The first kappa shape index (κ1) is 14.5. The predicted octanol–water partition coefficient (Wildman–Crippen LogP) is 0.789. The third kappa shape index (κ3) is 6.24. The molecule has 0 aromatic heterocycles. The molecule has 6 heteroatoms. The second kappa shape index (κ2) is 6.39. The maximum Gasteiger partial charge on any atom is 0.310 e. The normalized spacial score (nSPS) is 11.2. The van der Waals surface area contributed by atoms with Gasteiger partial charge in [0.25, 0.3) is 0 Å². The number of hydrogen-bond acceptors (Lipinski definition) is 5. The Morgan fingerprint density at radius 3 is 2.44 bits per heavy atom. The molecule has 0 spiro atoms. The lowest BCUT2D eigenvalue weighted by Gasteiger charge is -2.04. The largest absolute Gasteiger partial charge is 0.465 e. The van der Waals surface area contributed by atoms with Crippen LogP contribution in [0.4, 0.5) is 5.69 Å². The van der Waals surface area contributed by atoms with E-state index >= 15 is 0 Å². The van der Waals surface area contributed by atoms with Crippen LogP contribution in [-0.2, 0) is 25.8 Å². The van der Waals surface area contributed by atoms with E-state index in [2.05, 4.69) is 0 Å². The van der Waals surface area contributed by atoms with E-state index in [-0.39, 0.29) is 24.7 Å². The van der Waals surface area contributed by atoms with E-state index < -0.39 is 9.84 Å². The van der Waals surface area contributed by atoms with Gasteiger partial charge in [-0.25, -0.2) is 8.42 Å². The molecule has 0 saturated carbocycles. The van der Waals surface area contributed by atoms with E-state index in [1.165, 1.54) is 0 Å². The van der Waals surface area contributed by atoms with Crippen molar-refractivity contribution in [1.82, 2.24) is 0 Å². The number of rotatable bonds is 6. The molecule has 2 N–H and O–H groups in total. The number of hydrogen-bond donors (Lipinski definition) is 1. The van der Waals surface area contributed by atoms with Gasteiger partial charge in [0.05, 0.1) is 18.8 Å². The van der Waals surface area contributed by atoms with Crippen LogP contribution in [0.15, 0.2) is 24.3 Å². The van der Waals surface area contributed by atoms with Gasteiger partial charge in [0.1, 0.15) is 9.84 Å². The summed E-state index contributed by atoms with van der Waals surface area (Å²) in [4.78, 5) is 11.4. The van der Waals surface area contributed by atoms with Crippen LogP contribution in [0.25, 0.3) is 0 Å². The number of esters is 1. The maximum absolute atomic E-state index is 11.4. The van der Waals surface area contributed by atoms with Crippen molar-refractivity contribution in [2.45, 2.75) is 12.8 Å². The summed E-state index contributed by atoms with van der Waals surface area (Å²) in [6, 6.07) is 6.94. The van der Waals surface area contributed by atoms with Crippen LogP contribution in [-0.4, -0.2) is 33.0 Å². The summed E-state index contributed by atoms with van der Waals surface area (Å²) in [7, 11) is -2.99. The van der Waals surface area contributed by atoms with E-state index in [1.807, 2.05) is 0 Å². The van der Waals surface area contributed by atoms with Gasteiger partial charge in [-0.1, -0.05) is 12.1 Å². The summed E-state index contributed by atoms with van der Waals surface area (Å²) in [5.74, 6) is -0.337. The lowest BCUT2D eigenvalue weighted by Crippen LogP contribution is -2.12. The topological polar surface area (TPSA) is 86.5 Å². The molecule has 1 rings (SSSR count). The van der Waals surface area contributed by atoms with E-state index in [0.717, 1.165) is 11.8 Å². The Labute approximate surface area is 107 Å². The fraction of sp³-hybridized carbons (Fsp3) is 0.417. The maximum atomic E-state index is 11.4. The molecule has 0 aliphatic carbocycles. The van der Waals surface area contributed by atoms with Gasteiger partial charge in [-0.05, 0) is 24.1 Å². The van der Waals surface area contributed by atoms with Gasteiger partial charge in [-0.2, -0.15) is 0 Å². The Hall–Kier alpha value is -1.56. The van der Waals surface area contributed by atoms with Crippen LogP contribution in [0.2, 0.25) is 0 Å². The number of carbonyl (C=O) groups is 1. The highest BCUT2D eigenvalue weighted by Gasteiger charge is 2.06. The molecule has 0 aliphatic rings. The summed E-state index contributed by atoms with van der Waals surface area (Å²) >= 11 is 0. The molecule has 0 atom stereocenters. The van der Waals surface area contributed by atoms with Gasteiger partial charge in [0.15, 0.2) is 0 Å². The highest BCUT2D eigenvalue weighted by Crippen LogP contribution is 2.06. The van der Waals surface area contributed by atoms with Crippen molar-refractivity contribution < 1.29 is 17.9 Å². The first-order valence-electron chi connectivity index (χ1n) is 5.54. The molecule has 100 valence electrons. The number of anilines is 1. The standard InChI is InChI=1S/C12H17NO4S/c1-18(15,16)8-2-7-17-12(14)9-10-3-5-11(13)6-4-10/h3-6H,2,7-9,13H2,1H3. The number of nitrogen functional groups attached to an aromatic ring is 1. The second-order valence-electron chi connectivity index (χ2n) is 4.12. The highest BCUT2D eigenvalue weighted by atomic mass is 32.2. The third-order valence-corrected chi connectivity index (χ3v) is 3.28. The van der Waals surface area contributed by atoms with Crippen LogP contribution >= 0.6 is 0 Å². The van der Waals surface area contributed by atoms with Crippen LogP contribution in [0.5, 0.6) is 0 Å². The summed E-state index contributed by atoms with van der Waals surface area (Å²) < 4.78 is 26.6. The SMILES string of the molecule is CS(=O)(=O)CCCOC(=O)Cc1ccc(N)cc1. The zero-order valence-corrected chi connectivity index (χ0v) is 11.1. The third-order valence-electron chi connectivity index (χ3n) is 2.25. The number of sulfone groups is 1. The van der Waals surface area contributed by atoms with E-state index in [4.69, 9.17) is 10.5 Å². The van der Waals surface area contributed by atoms with Crippen LogP contribution in [0.3, 0.4) is 0 Å². The highest BCUT2D eigenvalue weighted by molar-refractivity contribution is 7.90. The Kier molecular flexibility index (Phi) is 5.15. The molecular formula is C12H17NO4S. The minimum atomic E-state index is -2.99. The molecule has 0 bridgehead atoms. The van der Waals surface area contributed by atoms with Crippen LogP contribution in [0, 0.1) is 0 Å². The molecule has 0 unspecified atom stereocenters. The number of nitrogens with two attached hydrogens (primary N) is 1. The lowest BCUT2D eigenvalue weighted by atomic mass is 10.1. The first-order valence-corrected chi connectivity index (χ1v) is 7.60. The fourth-order valence-electron chi connectivity index (χ4n) is 1.36. The Morgan fingerprint density at radius 1 is 1.28 bits per heavy atom. The molecule has 0 fully saturated rings. The Morgan fingerprint density at radius 2 is 1.89 bits per heavy atom. The molecule has 18 heavy (non-hydrogen) atoms. The molecule has 0 radical (unpaired) electrons. The van der Waals surface area contributed by atoms with Gasteiger partial charge < -0.3 is 10.5 Å². The van der Waals surface area contributed by atoms with E-state index in [0.29, 0.717) is 12.1 Å². The molecule has 0 amide bonds. The molecule has 1 aromatic rings. The molecular weight excluding hydrogens is 254 g/mol. The van der Waals surface area contributed by atoms with Crippen LogP contribution in [0.1, 0.15) is 12.0 Å². The van der Waals surface area contributed by atoms with Crippen molar-refractivity contribution in [3.05, 3.63) is 29.8 Å². The van der Waals surface area contributed by atoms with Crippen molar-refractivity contribution in [2.24, 2.45) is 0 Å². The molecule has 0 saturated heterocycles. The first-order chi connectivity index (χ1) is 8.37. The Balaban J connectivity index is 2.28. The molecule has 1 aromatic carbocycles. The number of ether oxygens (including phenoxy) is 1.